The molecule has 0 aliphatic carbocycles. The summed E-state index contributed by atoms with van der Waals surface area (Å²) in [6.07, 6.45) is 4.07. The Morgan fingerprint density at radius 1 is 1.53 bits per heavy atom. The molecular weight excluding hydrogens is 258 g/mol. The molecule has 2 heterocycles. The van der Waals surface area contributed by atoms with E-state index in [1.807, 2.05) is 12.1 Å². The van der Waals surface area contributed by atoms with Crippen LogP contribution in [0.3, 0.4) is 0 Å². The van der Waals surface area contributed by atoms with Crippen LogP contribution in [0.1, 0.15) is 12.8 Å². The van der Waals surface area contributed by atoms with Crippen molar-refractivity contribution in [3.8, 4) is 5.88 Å². The Hall–Kier alpha value is -0.610. The van der Waals surface area contributed by atoms with E-state index in [0.717, 1.165) is 24.1 Å². The molecule has 1 aromatic rings. The molecule has 0 radical (unpaired) electrons. The lowest BCUT2D eigenvalue weighted by Crippen LogP contribution is -2.23. The van der Waals surface area contributed by atoms with E-state index in [0.29, 0.717) is 18.4 Å². The minimum Gasteiger partial charge on any atom is -0.477 e. The number of aromatic nitrogens is 1. The van der Waals surface area contributed by atoms with E-state index in [1.165, 1.54) is 6.42 Å². The average Bonchev–Trinajstić information content (AvgIpc) is 2.30. The molecule has 82 valence electrons. The normalized spacial score (nSPS) is 21.3. The maximum Gasteiger partial charge on any atom is 0.213 e. The Labute approximate surface area is 97.9 Å². The van der Waals surface area contributed by atoms with Crippen molar-refractivity contribution in [3.05, 3.63) is 22.8 Å². The molecular formula is C11H14BrNO2. The Morgan fingerprint density at radius 3 is 3.13 bits per heavy atom. The summed E-state index contributed by atoms with van der Waals surface area (Å²) in [4.78, 5) is 4.15. The van der Waals surface area contributed by atoms with E-state index < -0.39 is 0 Å². The highest BCUT2D eigenvalue weighted by atomic mass is 79.9. The second kappa shape index (κ2) is 5.47. The van der Waals surface area contributed by atoms with Crippen molar-refractivity contribution >= 4 is 15.9 Å². The van der Waals surface area contributed by atoms with E-state index in [2.05, 4.69) is 20.9 Å². The van der Waals surface area contributed by atoms with Gasteiger partial charge in [-0.25, -0.2) is 4.98 Å². The van der Waals surface area contributed by atoms with Crippen LogP contribution in [-0.2, 0) is 4.74 Å². The number of hydrogen-bond donors (Lipinski definition) is 0. The van der Waals surface area contributed by atoms with Crippen molar-refractivity contribution in [1.29, 1.82) is 0 Å². The predicted octanol–water partition coefficient (Wildman–Crippen LogP) is 2.65. The monoisotopic (exact) mass is 271 g/mol. The quantitative estimate of drug-likeness (QED) is 0.847. The van der Waals surface area contributed by atoms with E-state index in [-0.39, 0.29) is 0 Å². The summed E-state index contributed by atoms with van der Waals surface area (Å²) in [6, 6.07) is 3.80. The largest absolute Gasteiger partial charge is 0.477 e. The van der Waals surface area contributed by atoms with Crippen LogP contribution in [0.5, 0.6) is 5.88 Å². The molecule has 1 aliphatic heterocycles. The van der Waals surface area contributed by atoms with Crippen LogP contribution in [0.2, 0.25) is 0 Å². The molecule has 15 heavy (non-hydrogen) atoms. The molecule has 1 saturated heterocycles. The second-order valence-corrected chi connectivity index (χ2v) is 4.62. The Morgan fingerprint density at radius 2 is 2.47 bits per heavy atom. The first-order valence-electron chi connectivity index (χ1n) is 5.17. The summed E-state index contributed by atoms with van der Waals surface area (Å²) in [5.74, 6) is 1.20. The zero-order chi connectivity index (χ0) is 10.5. The fourth-order valence-corrected chi connectivity index (χ4v) is 1.82. The van der Waals surface area contributed by atoms with Crippen molar-refractivity contribution in [2.24, 2.45) is 5.92 Å². The third-order valence-corrected chi connectivity index (χ3v) is 2.89. The zero-order valence-corrected chi connectivity index (χ0v) is 10.1. The Bertz CT molecular complexity index is 296. The molecule has 1 aromatic heterocycles. The number of ether oxygens (including phenoxy) is 2. The lowest BCUT2D eigenvalue weighted by atomic mass is 10.0. The zero-order valence-electron chi connectivity index (χ0n) is 8.49. The van der Waals surface area contributed by atoms with Crippen LogP contribution in [-0.4, -0.2) is 24.8 Å². The smallest absolute Gasteiger partial charge is 0.213 e. The van der Waals surface area contributed by atoms with Gasteiger partial charge in [0, 0.05) is 29.3 Å². The number of pyridine rings is 1. The minimum absolute atomic E-state index is 0.518. The number of nitrogens with zero attached hydrogens (tertiary/aromatic N) is 1. The van der Waals surface area contributed by atoms with Gasteiger partial charge >= 0.3 is 0 Å². The Balaban J connectivity index is 1.79. The van der Waals surface area contributed by atoms with Gasteiger partial charge in [0.2, 0.25) is 5.88 Å². The lowest BCUT2D eigenvalue weighted by Gasteiger charge is -2.21. The maximum atomic E-state index is 5.59. The van der Waals surface area contributed by atoms with E-state index in [1.54, 1.807) is 6.20 Å². The number of hydrogen-bond acceptors (Lipinski definition) is 3. The molecule has 4 heteroatoms. The third-order valence-electron chi connectivity index (χ3n) is 2.42. The second-order valence-electron chi connectivity index (χ2n) is 3.71. The van der Waals surface area contributed by atoms with E-state index >= 15 is 0 Å². The van der Waals surface area contributed by atoms with Crippen molar-refractivity contribution in [3.63, 3.8) is 0 Å². The van der Waals surface area contributed by atoms with Crippen molar-refractivity contribution in [2.45, 2.75) is 12.8 Å². The average molecular weight is 272 g/mol. The van der Waals surface area contributed by atoms with Gasteiger partial charge in [-0.3, -0.25) is 0 Å². The molecule has 2 rings (SSSR count). The number of rotatable bonds is 3. The number of halogens is 1. The first-order chi connectivity index (χ1) is 7.34. The molecule has 0 saturated carbocycles. The summed E-state index contributed by atoms with van der Waals surface area (Å²) < 4.78 is 11.9. The van der Waals surface area contributed by atoms with Crippen LogP contribution >= 0.6 is 15.9 Å². The van der Waals surface area contributed by atoms with Crippen LogP contribution in [0.15, 0.2) is 22.8 Å². The highest BCUT2D eigenvalue weighted by molar-refractivity contribution is 9.10. The van der Waals surface area contributed by atoms with Gasteiger partial charge in [-0.2, -0.15) is 0 Å². The molecule has 0 amide bonds. The first kappa shape index (κ1) is 10.9. The molecule has 0 spiro atoms. The van der Waals surface area contributed by atoms with Gasteiger partial charge in [0.25, 0.3) is 0 Å². The predicted molar refractivity (Wildman–Crippen MR) is 61.0 cm³/mol. The van der Waals surface area contributed by atoms with Crippen LogP contribution in [0.25, 0.3) is 0 Å². The Kier molecular flexibility index (Phi) is 3.97. The molecule has 1 unspecified atom stereocenters. The molecule has 0 N–H and O–H groups in total. The molecule has 1 atom stereocenters. The first-order valence-corrected chi connectivity index (χ1v) is 5.96. The van der Waals surface area contributed by atoms with Crippen LogP contribution in [0, 0.1) is 5.92 Å². The topological polar surface area (TPSA) is 31.4 Å². The van der Waals surface area contributed by atoms with Gasteiger partial charge < -0.3 is 9.47 Å². The van der Waals surface area contributed by atoms with Crippen molar-refractivity contribution in [2.75, 3.05) is 19.8 Å². The minimum atomic E-state index is 0.518. The standard InChI is InChI=1S/C11H14BrNO2/c12-10-3-4-11(13-6-10)15-8-9-2-1-5-14-7-9/h3-4,6,9H,1-2,5,7-8H2. The fraction of sp³-hybridized carbons (Fsp3) is 0.545. The molecule has 0 bridgehead atoms. The molecule has 1 fully saturated rings. The summed E-state index contributed by atoms with van der Waals surface area (Å²) in [7, 11) is 0. The fourth-order valence-electron chi connectivity index (χ4n) is 1.59. The summed E-state index contributed by atoms with van der Waals surface area (Å²) in [5, 5.41) is 0. The van der Waals surface area contributed by atoms with Crippen molar-refractivity contribution < 1.29 is 9.47 Å². The maximum absolute atomic E-state index is 5.59. The highest BCUT2D eigenvalue weighted by Gasteiger charge is 2.14. The molecule has 0 aromatic carbocycles. The van der Waals surface area contributed by atoms with Gasteiger partial charge in [0.05, 0.1) is 13.2 Å². The van der Waals surface area contributed by atoms with Gasteiger partial charge in [0.15, 0.2) is 0 Å². The summed E-state index contributed by atoms with van der Waals surface area (Å²) in [6.45, 7) is 2.41. The molecule has 1 aliphatic rings. The van der Waals surface area contributed by atoms with E-state index in [9.17, 15) is 0 Å². The van der Waals surface area contributed by atoms with Crippen LogP contribution < -0.4 is 4.74 Å². The van der Waals surface area contributed by atoms with Gasteiger partial charge in [-0.1, -0.05) is 0 Å². The highest BCUT2D eigenvalue weighted by Crippen LogP contribution is 2.16. The third kappa shape index (κ3) is 3.47. The van der Waals surface area contributed by atoms with Gasteiger partial charge in [-0.15, -0.1) is 0 Å². The molecule has 3 nitrogen and oxygen atoms in total. The van der Waals surface area contributed by atoms with Gasteiger partial charge in [0.1, 0.15) is 0 Å². The summed E-state index contributed by atoms with van der Waals surface area (Å²) >= 11 is 3.34. The SMILES string of the molecule is Brc1ccc(OCC2CCCOC2)nc1. The van der Waals surface area contributed by atoms with E-state index in [4.69, 9.17) is 9.47 Å². The van der Waals surface area contributed by atoms with Crippen LogP contribution in [0.4, 0.5) is 0 Å². The van der Waals surface area contributed by atoms with Gasteiger partial charge in [-0.05, 0) is 34.8 Å². The van der Waals surface area contributed by atoms with Crippen molar-refractivity contribution in [1.82, 2.24) is 4.98 Å². The lowest BCUT2D eigenvalue weighted by molar-refractivity contribution is 0.0344. The summed E-state index contributed by atoms with van der Waals surface area (Å²) in [5.41, 5.74) is 0.